The number of aromatic nitrogens is 1. The van der Waals surface area contributed by atoms with Gasteiger partial charge in [-0.15, -0.1) is 11.3 Å². The Kier molecular flexibility index (Phi) is 4.80. The van der Waals surface area contributed by atoms with Gasteiger partial charge in [0.25, 0.3) is 11.6 Å². The van der Waals surface area contributed by atoms with Gasteiger partial charge in [0.05, 0.1) is 4.92 Å². The normalized spacial score (nSPS) is 10.4. The Morgan fingerprint density at radius 1 is 1.20 bits per heavy atom. The second kappa shape index (κ2) is 7.18. The number of carbonyl (C=O) groups excluding carboxylic acids is 1. The van der Waals surface area contributed by atoms with Gasteiger partial charge in [0.1, 0.15) is 16.5 Å². The first-order valence-corrected chi connectivity index (χ1v) is 8.14. The Balaban J connectivity index is 1.70. The summed E-state index contributed by atoms with van der Waals surface area (Å²) >= 11 is 1.26. The van der Waals surface area contributed by atoms with E-state index < -0.39 is 10.8 Å². The van der Waals surface area contributed by atoms with E-state index in [1.54, 1.807) is 35.7 Å². The number of nitro benzene ring substituents is 1. The molecule has 1 aromatic heterocycles. The van der Waals surface area contributed by atoms with Crippen molar-refractivity contribution in [2.75, 3.05) is 0 Å². The van der Waals surface area contributed by atoms with Gasteiger partial charge < -0.3 is 5.32 Å². The number of amides is 1. The lowest BCUT2D eigenvalue weighted by atomic mass is 10.2. The zero-order valence-electron chi connectivity index (χ0n) is 12.8. The first-order chi connectivity index (χ1) is 12.0. The van der Waals surface area contributed by atoms with E-state index in [1.165, 1.54) is 29.5 Å². The second-order valence-corrected chi connectivity index (χ2v) is 5.97. The first-order valence-electron chi connectivity index (χ1n) is 7.26. The van der Waals surface area contributed by atoms with Gasteiger partial charge in [0.15, 0.2) is 0 Å². The van der Waals surface area contributed by atoms with E-state index in [9.17, 15) is 19.3 Å². The Labute approximate surface area is 146 Å². The highest BCUT2D eigenvalue weighted by molar-refractivity contribution is 7.13. The SMILES string of the molecule is O=C(NCc1ccccc1[N+](=O)[O-])c1csc(-c2ccc(F)cc2)n1. The number of hydrogen-bond acceptors (Lipinski definition) is 5. The molecule has 0 saturated heterocycles. The summed E-state index contributed by atoms with van der Waals surface area (Å²) < 4.78 is 13.0. The number of nitrogens with zero attached hydrogens (tertiary/aromatic N) is 2. The van der Waals surface area contributed by atoms with Crippen LogP contribution in [-0.4, -0.2) is 15.8 Å². The molecule has 0 saturated carbocycles. The Hall–Kier alpha value is -3.13. The van der Waals surface area contributed by atoms with E-state index >= 15 is 0 Å². The second-order valence-electron chi connectivity index (χ2n) is 5.11. The quantitative estimate of drug-likeness (QED) is 0.556. The summed E-state index contributed by atoms with van der Waals surface area (Å²) in [6.07, 6.45) is 0. The number of nitrogens with one attached hydrogen (secondary N) is 1. The van der Waals surface area contributed by atoms with Gasteiger partial charge >= 0.3 is 0 Å². The highest BCUT2D eigenvalue weighted by atomic mass is 32.1. The van der Waals surface area contributed by atoms with Crippen LogP contribution in [0.2, 0.25) is 0 Å². The fraction of sp³-hybridized carbons (Fsp3) is 0.0588. The number of carbonyl (C=O) groups is 1. The highest BCUT2D eigenvalue weighted by Crippen LogP contribution is 2.24. The minimum absolute atomic E-state index is 0.0272. The van der Waals surface area contributed by atoms with Crippen molar-refractivity contribution in [3.8, 4) is 10.6 Å². The maximum Gasteiger partial charge on any atom is 0.274 e. The molecule has 8 heteroatoms. The van der Waals surface area contributed by atoms with Gasteiger partial charge in [-0.2, -0.15) is 0 Å². The summed E-state index contributed by atoms with van der Waals surface area (Å²) in [5.74, 6) is -0.773. The molecule has 1 amide bonds. The third-order valence-electron chi connectivity index (χ3n) is 3.46. The van der Waals surface area contributed by atoms with Gasteiger partial charge in [-0.3, -0.25) is 14.9 Å². The molecular weight excluding hydrogens is 345 g/mol. The van der Waals surface area contributed by atoms with E-state index in [0.29, 0.717) is 16.1 Å². The smallest absolute Gasteiger partial charge is 0.274 e. The summed E-state index contributed by atoms with van der Waals surface area (Å²) in [4.78, 5) is 26.9. The zero-order chi connectivity index (χ0) is 17.8. The molecular formula is C17H12FN3O3S. The number of rotatable bonds is 5. The number of hydrogen-bond donors (Lipinski definition) is 1. The molecule has 25 heavy (non-hydrogen) atoms. The summed E-state index contributed by atoms with van der Waals surface area (Å²) in [5.41, 5.74) is 1.29. The van der Waals surface area contributed by atoms with Crippen LogP contribution in [0.25, 0.3) is 10.6 Å². The number of halogens is 1. The van der Waals surface area contributed by atoms with Crippen LogP contribution in [-0.2, 0) is 6.54 Å². The predicted molar refractivity (Wildman–Crippen MR) is 91.8 cm³/mol. The van der Waals surface area contributed by atoms with Crippen LogP contribution in [0.4, 0.5) is 10.1 Å². The summed E-state index contributed by atoms with van der Waals surface area (Å²) in [6.45, 7) is 0.0272. The maximum absolute atomic E-state index is 13.0. The van der Waals surface area contributed by atoms with Crippen molar-refractivity contribution in [2.45, 2.75) is 6.54 Å². The lowest BCUT2D eigenvalue weighted by Crippen LogP contribution is -2.23. The molecule has 1 N–H and O–H groups in total. The average Bonchev–Trinajstić information content (AvgIpc) is 3.10. The zero-order valence-corrected chi connectivity index (χ0v) is 13.6. The first kappa shape index (κ1) is 16.7. The molecule has 0 aliphatic heterocycles. The van der Waals surface area contributed by atoms with Crippen molar-refractivity contribution in [1.82, 2.24) is 10.3 Å². The van der Waals surface area contributed by atoms with Crippen molar-refractivity contribution in [3.63, 3.8) is 0 Å². The van der Waals surface area contributed by atoms with E-state index in [0.717, 1.165) is 0 Å². The van der Waals surface area contributed by atoms with Crippen LogP contribution in [0, 0.1) is 15.9 Å². The third-order valence-corrected chi connectivity index (χ3v) is 4.35. The lowest BCUT2D eigenvalue weighted by molar-refractivity contribution is -0.385. The molecule has 0 unspecified atom stereocenters. The number of nitro groups is 1. The highest BCUT2D eigenvalue weighted by Gasteiger charge is 2.15. The van der Waals surface area contributed by atoms with E-state index in [-0.39, 0.29) is 23.7 Å². The van der Waals surface area contributed by atoms with Crippen LogP contribution in [0.15, 0.2) is 53.9 Å². The van der Waals surface area contributed by atoms with Gasteiger partial charge in [-0.05, 0) is 24.3 Å². The van der Waals surface area contributed by atoms with Crippen LogP contribution < -0.4 is 5.32 Å². The molecule has 0 radical (unpaired) electrons. The summed E-state index contributed by atoms with van der Waals surface area (Å²) in [6, 6.07) is 12.0. The molecule has 6 nitrogen and oxygen atoms in total. The van der Waals surface area contributed by atoms with Gasteiger partial charge in [0.2, 0.25) is 0 Å². The molecule has 126 valence electrons. The molecule has 0 aliphatic rings. The van der Waals surface area contributed by atoms with E-state index in [2.05, 4.69) is 10.3 Å². The molecule has 3 aromatic rings. The van der Waals surface area contributed by atoms with Crippen molar-refractivity contribution in [1.29, 1.82) is 0 Å². The summed E-state index contributed by atoms with van der Waals surface area (Å²) in [5, 5.41) is 15.8. The monoisotopic (exact) mass is 357 g/mol. The molecule has 3 rings (SSSR count). The topological polar surface area (TPSA) is 85.1 Å². The molecule has 1 heterocycles. The van der Waals surface area contributed by atoms with Gasteiger partial charge in [0, 0.05) is 29.1 Å². The minimum atomic E-state index is -0.489. The number of benzene rings is 2. The Bertz CT molecular complexity index is 925. The van der Waals surface area contributed by atoms with Gasteiger partial charge in [-0.25, -0.2) is 9.37 Å². The number of thiazole rings is 1. The van der Waals surface area contributed by atoms with Crippen molar-refractivity contribution >= 4 is 22.9 Å². The van der Waals surface area contributed by atoms with Crippen LogP contribution in [0.3, 0.4) is 0 Å². The van der Waals surface area contributed by atoms with Crippen molar-refractivity contribution in [3.05, 3.63) is 81.1 Å². The molecule has 0 aliphatic carbocycles. The largest absolute Gasteiger partial charge is 0.346 e. The Morgan fingerprint density at radius 3 is 2.64 bits per heavy atom. The lowest BCUT2D eigenvalue weighted by Gasteiger charge is -2.04. The van der Waals surface area contributed by atoms with Crippen LogP contribution >= 0.6 is 11.3 Å². The van der Waals surface area contributed by atoms with Crippen LogP contribution in [0.5, 0.6) is 0 Å². The minimum Gasteiger partial charge on any atom is -0.346 e. The average molecular weight is 357 g/mol. The number of para-hydroxylation sites is 1. The molecule has 2 aromatic carbocycles. The van der Waals surface area contributed by atoms with Crippen molar-refractivity contribution < 1.29 is 14.1 Å². The maximum atomic E-state index is 13.0. The fourth-order valence-electron chi connectivity index (χ4n) is 2.21. The standard InChI is InChI=1S/C17H12FN3O3S/c18-13-7-5-11(6-8-13)17-20-14(10-25-17)16(22)19-9-12-3-1-2-4-15(12)21(23)24/h1-8,10H,9H2,(H,19,22). The molecule has 0 fully saturated rings. The fourth-order valence-corrected chi connectivity index (χ4v) is 3.01. The molecule has 0 atom stereocenters. The summed E-state index contributed by atoms with van der Waals surface area (Å²) in [7, 11) is 0. The predicted octanol–water partition coefficient (Wildman–Crippen LogP) is 3.79. The third kappa shape index (κ3) is 3.86. The van der Waals surface area contributed by atoms with Crippen LogP contribution in [0.1, 0.15) is 16.1 Å². The molecule has 0 bridgehead atoms. The van der Waals surface area contributed by atoms with Crippen molar-refractivity contribution in [2.24, 2.45) is 0 Å². The van der Waals surface area contributed by atoms with E-state index in [1.807, 2.05) is 0 Å². The molecule has 0 spiro atoms. The van der Waals surface area contributed by atoms with Gasteiger partial charge in [-0.1, -0.05) is 18.2 Å². The van der Waals surface area contributed by atoms with E-state index in [4.69, 9.17) is 0 Å². The Morgan fingerprint density at radius 2 is 1.92 bits per heavy atom.